The van der Waals surface area contributed by atoms with Gasteiger partial charge in [-0.25, -0.2) is 13.1 Å². The van der Waals surface area contributed by atoms with Crippen LogP contribution in [-0.4, -0.2) is 51.2 Å². The molecule has 1 aliphatic heterocycles. The number of nitrogens with zero attached hydrogens (tertiary/aromatic N) is 2. The second-order valence-electron chi connectivity index (χ2n) is 4.44. The van der Waals surface area contributed by atoms with Crippen LogP contribution in [0.2, 0.25) is 0 Å². The smallest absolute Gasteiger partial charge is 0.211 e. The lowest BCUT2D eigenvalue weighted by molar-refractivity contribution is 0.428. The van der Waals surface area contributed by atoms with Gasteiger partial charge in [0.25, 0.3) is 0 Å². The standard InChI is InChI=1S/C11H24N4O2S/c1-2-18(16,17)14-8-7-13-11(12)15-9-5-3-4-6-10-15/h14H,2-10H2,1H3,(H2,12,13). The molecular weight excluding hydrogens is 252 g/mol. The van der Waals surface area contributed by atoms with Crippen LogP contribution in [0.25, 0.3) is 0 Å². The van der Waals surface area contributed by atoms with Crippen molar-refractivity contribution in [3.63, 3.8) is 0 Å². The number of nitrogens with one attached hydrogen (secondary N) is 1. The number of rotatable bonds is 5. The van der Waals surface area contributed by atoms with E-state index in [-0.39, 0.29) is 5.75 Å². The van der Waals surface area contributed by atoms with Gasteiger partial charge in [-0.05, 0) is 19.8 Å². The molecule has 0 aliphatic carbocycles. The molecule has 0 aromatic carbocycles. The Hall–Kier alpha value is -0.820. The minimum absolute atomic E-state index is 0.0956. The van der Waals surface area contributed by atoms with E-state index in [1.807, 2.05) is 0 Å². The zero-order chi connectivity index (χ0) is 13.4. The number of guanidine groups is 1. The molecule has 1 saturated heterocycles. The minimum atomic E-state index is -3.12. The summed E-state index contributed by atoms with van der Waals surface area (Å²) in [6, 6.07) is 0. The highest BCUT2D eigenvalue weighted by molar-refractivity contribution is 7.89. The van der Waals surface area contributed by atoms with Gasteiger partial charge in [-0.3, -0.25) is 4.99 Å². The zero-order valence-corrected chi connectivity index (χ0v) is 11.9. The fourth-order valence-corrected chi connectivity index (χ4v) is 2.48. The maximum Gasteiger partial charge on any atom is 0.211 e. The Morgan fingerprint density at radius 3 is 2.44 bits per heavy atom. The van der Waals surface area contributed by atoms with Gasteiger partial charge in [0.2, 0.25) is 10.0 Å². The summed E-state index contributed by atoms with van der Waals surface area (Å²) in [4.78, 5) is 6.30. The number of nitrogens with two attached hydrogens (primary N) is 1. The van der Waals surface area contributed by atoms with E-state index in [9.17, 15) is 8.42 Å². The molecule has 0 saturated carbocycles. The van der Waals surface area contributed by atoms with Gasteiger partial charge in [0.05, 0.1) is 12.3 Å². The first-order valence-electron chi connectivity index (χ1n) is 6.57. The fraction of sp³-hybridized carbons (Fsp3) is 0.909. The highest BCUT2D eigenvalue weighted by Crippen LogP contribution is 2.08. The summed E-state index contributed by atoms with van der Waals surface area (Å²) in [5, 5.41) is 0. The minimum Gasteiger partial charge on any atom is -0.370 e. The van der Waals surface area contributed by atoms with Crippen molar-refractivity contribution in [2.75, 3.05) is 31.9 Å². The number of aliphatic imine (C=N–C) groups is 1. The lowest BCUT2D eigenvalue weighted by Gasteiger charge is -2.21. The monoisotopic (exact) mass is 276 g/mol. The molecule has 0 aromatic rings. The molecule has 0 amide bonds. The van der Waals surface area contributed by atoms with Crippen LogP contribution in [0.4, 0.5) is 0 Å². The summed E-state index contributed by atoms with van der Waals surface area (Å²) >= 11 is 0. The Morgan fingerprint density at radius 1 is 1.28 bits per heavy atom. The maximum atomic E-state index is 11.2. The normalized spacial score (nSPS) is 18.7. The van der Waals surface area contributed by atoms with Gasteiger partial charge in [-0.15, -0.1) is 0 Å². The molecule has 1 fully saturated rings. The second-order valence-corrected chi connectivity index (χ2v) is 6.53. The molecule has 0 spiro atoms. The van der Waals surface area contributed by atoms with Crippen LogP contribution < -0.4 is 10.5 Å². The Morgan fingerprint density at radius 2 is 1.89 bits per heavy atom. The van der Waals surface area contributed by atoms with E-state index in [1.165, 1.54) is 12.8 Å². The van der Waals surface area contributed by atoms with Crippen molar-refractivity contribution in [2.24, 2.45) is 10.7 Å². The van der Waals surface area contributed by atoms with Crippen molar-refractivity contribution in [1.29, 1.82) is 0 Å². The number of sulfonamides is 1. The van der Waals surface area contributed by atoms with Crippen LogP contribution >= 0.6 is 0 Å². The van der Waals surface area contributed by atoms with Gasteiger partial charge in [0.15, 0.2) is 5.96 Å². The molecule has 6 nitrogen and oxygen atoms in total. The highest BCUT2D eigenvalue weighted by Gasteiger charge is 2.10. The van der Waals surface area contributed by atoms with E-state index in [0.717, 1.165) is 25.9 Å². The molecule has 1 heterocycles. The number of likely N-dealkylation sites (tertiary alicyclic amines) is 1. The van der Waals surface area contributed by atoms with Crippen LogP contribution in [0, 0.1) is 0 Å². The molecular formula is C11H24N4O2S. The summed E-state index contributed by atoms with van der Waals surface area (Å²) in [5.41, 5.74) is 5.90. The van der Waals surface area contributed by atoms with Gasteiger partial charge in [0.1, 0.15) is 0 Å². The Kier molecular flexibility index (Phi) is 6.42. The third-order valence-corrected chi connectivity index (χ3v) is 4.42. The van der Waals surface area contributed by atoms with Gasteiger partial charge >= 0.3 is 0 Å². The highest BCUT2D eigenvalue weighted by atomic mass is 32.2. The molecule has 0 unspecified atom stereocenters. The predicted octanol–water partition coefficient (Wildman–Crippen LogP) is 0.116. The molecule has 0 aromatic heterocycles. The van der Waals surface area contributed by atoms with E-state index in [2.05, 4.69) is 14.6 Å². The summed E-state index contributed by atoms with van der Waals surface area (Å²) in [7, 11) is -3.12. The maximum absolute atomic E-state index is 11.2. The van der Waals surface area contributed by atoms with Crippen LogP contribution in [0.3, 0.4) is 0 Å². The van der Waals surface area contributed by atoms with Gasteiger partial charge in [-0.1, -0.05) is 12.8 Å². The van der Waals surface area contributed by atoms with Crippen LogP contribution in [0.15, 0.2) is 4.99 Å². The average Bonchev–Trinajstić information content (AvgIpc) is 2.63. The van der Waals surface area contributed by atoms with Crippen molar-refractivity contribution >= 4 is 16.0 Å². The number of hydrogen-bond donors (Lipinski definition) is 2. The Labute approximate surface area is 110 Å². The third kappa shape index (κ3) is 5.68. The summed E-state index contributed by atoms with van der Waals surface area (Å²) in [6.45, 7) is 4.22. The van der Waals surface area contributed by atoms with E-state index in [0.29, 0.717) is 19.0 Å². The fourth-order valence-electron chi connectivity index (χ4n) is 1.87. The van der Waals surface area contributed by atoms with Gasteiger partial charge < -0.3 is 10.6 Å². The first kappa shape index (κ1) is 15.2. The number of hydrogen-bond acceptors (Lipinski definition) is 3. The first-order valence-corrected chi connectivity index (χ1v) is 8.22. The largest absolute Gasteiger partial charge is 0.370 e. The third-order valence-electron chi connectivity index (χ3n) is 3.02. The van der Waals surface area contributed by atoms with Crippen LogP contribution in [0.1, 0.15) is 32.6 Å². The van der Waals surface area contributed by atoms with E-state index in [4.69, 9.17) is 5.73 Å². The van der Waals surface area contributed by atoms with Crippen molar-refractivity contribution in [3.05, 3.63) is 0 Å². The SMILES string of the molecule is CCS(=O)(=O)NCCN=C(N)N1CCCCCC1. The molecule has 1 aliphatic rings. The molecule has 18 heavy (non-hydrogen) atoms. The quantitative estimate of drug-likeness (QED) is 0.424. The van der Waals surface area contributed by atoms with Gasteiger partial charge in [0, 0.05) is 19.6 Å². The average molecular weight is 276 g/mol. The molecule has 0 bridgehead atoms. The molecule has 0 radical (unpaired) electrons. The molecule has 106 valence electrons. The molecule has 0 atom stereocenters. The topological polar surface area (TPSA) is 87.8 Å². The summed E-state index contributed by atoms with van der Waals surface area (Å²) in [5.74, 6) is 0.630. The second kappa shape index (κ2) is 7.58. The first-order chi connectivity index (χ1) is 8.55. The van der Waals surface area contributed by atoms with E-state index in [1.54, 1.807) is 6.92 Å². The Balaban J connectivity index is 2.32. The van der Waals surface area contributed by atoms with Crippen molar-refractivity contribution < 1.29 is 8.42 Å². The van der Waals surface area contributed by atoms with Gasteiger partial charge in [-0.2, -0.15) is 0 Å². The zero-order valence-electron chi connectivity index (χ0n) is 11.1. The van der Waals surface area contributed by atoms with E-state index >= 15 is 0 Å². The van der Waals surface area contributed by atoms with Crippen LogP contribution in [-0.2, 0) is 10.0 Å². The lowest BCUT2D eigenvalue weighted by atomic mass is 10.2. The molecule has 1 rings (SSSR count). The molecule has 7 heteroatoms. The lowest BCUT2D eigenvalue weighted by Crippen LogP contribution is -2.38. The summed E-state index contributed by atoms with van der Waals surface area (Å²) < 4.78 is 24.9. The molecule has 3 N–H and O–H groups in total. The Bertz CT molecular complexity index is 359. The van der Waals surface area contributed by atoms with Crippen molar-refractivity contribution in [3.8, 4) is 0 Å². The predicted molar refractivity (Wildman–Crippen MR) is 74.0 cm³/mol. The van der Waals surface area contributed by atoms with Crippen molar-refractivity contribution in [2.45, 2.75) is 32.6 Å². The van der Waals surface area contributed by atoms with Crippen LogP contribution in [0.5, 0.6) is 0 Å². The van der Waals surface area contributed by atoms with E-state index < -0.39 is 10.0 Å². The summed E-state index contributed by atoms with van der Waals surface area (Å²) in [6.07, 6.45) is 4.80. The van der Waals surface area contributed by atoms with Crippen molar-refractivity contribution in [1.82, 2.24) is 9.62 Å².